The van der Waals surface area contributed by atoms with E-state index in [-0.39, 0.29) is 5.91 Å². The first-order valence-electron chi connectivity index (χ1n) is 7.29. The van der Waals surface area contributed by atoms with Crippen molar-refractivity contribution in [1.29, 1.82) is 0 Å². The molecule has 1 aromatic rings. The average Bonchev–Trinajstić information content (AvgIpc) is 2.80. The third-order valence-corrected chi connectivity index (χ3v) is 3.95. The monoisotopic (exact) mass is 310 g/mol. The van der Waals surface area contributed by atoms with Gasteiger partial charge in [-0.3, -0.25) is 9.69 Å². The Morgan fingerprint density at radius 1 is 1.24 bits per heavy atom. The van der Waals surface area contributed by atoms with E-state index in [1.54, 1.807) is 0 Å². The Morgan fingerprint density at radius 3 is 3.00 bits per heavy atom. The fourth-order valence-electron chi connectivity index (χ4n) is 2.61. The Morgan fingerprint density at radius 2 is 2.10 bits per heavy atom. The number of rotatable bonds is 2. The quantitative estimate of drug-likeness (QED) is 0.905. The van der Waals surface area contributed by atoms with Crippen LogP contribution in [0.15, 0.2) is 12.1 Å². The largest absolute Gasteiger partial charge is 0.489 e. The first-order chi connectivity index (χ1) is 10.2. The summed E-state index contributed by atoms with van der Waals surface area (Å²) in [6.07, 6.45) is 1.40. The number of nitrogens with zero attached hydrogens (tertiary/aromatic N) is 1. The van der Waals surface area contributed by atoms with Crippen molar-refractivity contribution < 1.29 is 14.3 Å². The molecule has 1 aromatic carbocycles. The van der Waals surface area contributed by atoms with Crippen LogP contribution in [0.4, 0.5) is 0 Å². The minimum absolute atomic E-state index is 0.120. The summed E-state index contributed by atoms with van der Waals surface area (Å²) in [6.45, 7) is 4.33. The van der Waals surface area contributed by atoms with Gasteiger partial charge in [-0.05, 0) is 17.7 Å². The summed E-state index contributed by atoms with van der Waals surface area (Å²) >= 11 is 6.30. The van der Waals surface area contributed by atoms with Gasteiger partial charge in [0.05, 0.1) is 18.2 Å². The van der Waals surface area contributed by atoms with E-state index in [9.17, 15) is 4.79 Å². The van der Waals surface area contributed by atoms with Crippen molar-refractivity contribution in [3.63, 3.8) is 0 Å². The lowest BCUT2D eigenvalue weighted by Crippen LogP contribution is -2.28. The number of nitrogens with one attached hydrogen (secondary N) is 1. The summed E-state index contributed by atoms with van der Waals surface area (Å²) in [5.74, 6) is 1.49. The van der Waals surface area contributed by atoms with Crippen LogP contribution in [0.25, 0.3) is 0 Å². The summed E-state index contributed by atoms with van der Waals surface area (Å²) < 4.78 is 11.3. The van der Waals surface area contributed by atoms with E-state index < -0.39 is 0 Å². The SMILES string of the molecule is O=C1CCN(Cc2cc(Cl)c3c(c2)OCCCO3)CCN1. The highest BCUT2D eigenvalue weighted by Crippen LogP contribution is 2.38. The molecule has 1 fully saturated rings. The third kappa shape index (κ3) is 3.60. The van der Waals surface area contributed by atoms with Crippen molar-refractivity contribution in [1.82, 2.24) is 10.2 Å². The summed E-state index contributed by atoms with van der Waals surface area (Å²) in [5.41, 5.74) is 1.08. The number of benzene rings is 1. The van der Waals surface area contributed by atoms with Gasteiger partial charge in [-0.25, -0.2) is 0 Å². The van der Waals surface area contributed by atoms with E-state index in [1.807, 2.05) is 12.1 Å². The van der Waals surface area contributed by atoms with Crippen LogP contribution in [0.5, 0.6) is 11.5 Å². The van der Waals surface area contributed by atoms with Gasteiger partial charge in [0, 0.05) is 39.0 Å². The van der Waals surface area contributed by atoms with Crippen molar-refractivity contribution in [3.8, 4) is 11.5 Å². The number of hydrogen-bond donors (Lipinski definition) is 1. The predicted molar refractivity (Wildman–Crippen MR) is 80.0 cm³/mol. The second kappa shape index (κ2) is 6.54. The fraction of sp³-hybridized carbons (Fsp3) is 0.533. The van der Waals surface area contributed by atoms with Crippen LogP contribution >= 0.6 is 11.6 Å². The van der Waals surface area contributed by atoms with Gasteiger partial charge in [-0.1, -0.05) is 11.6 Å². The van der Waals surface area contributed by atoms with E-state index in [4.69, 9.17) is 21.1 Å². The Kier molecular flexibility index (Phi) is 4.51. The van der Waals surface area contributed by atoms with Crippen molar-refractivity contribution in [2.75, 3.05) is 32.8 Å². The molecule has 5 nitrogen and oxygen atoms in total. The van der Waals surface area contributed by atoms with Crippen LogP contribution in [-0.4, -0.2) is 43.7 Å². The van der Waals surface area contributed by atoms with Crippen LogP contribution in [0, 0.1) is 0 Å². The summed E-state index contributed by atoms with van der Waals surface area (Å²) in [7, 11) is 0. The molecule has 2 aliphatic rings. The number of halogens is 1. The lowest BCUT2D eigenvalue weighted by Gasteiger charge is -2.20. The molecule has 3 rings (SSSR count). The first-order valence-corrected chi connectivity index (χ1v) is 7.67. The van der Waals surface area contributed by atoms with Gasteiger partial charge in [0.15, 0.2) is 11.5 Å². The molecule has 0 unspecified atom stereocenters. The molecule has 6 heteroatoms. The molecule has 0 spiro atoms. The van der Waals surface area contributed by atoms with Crippen LogP contribution in [-0.2, 0) is 11.3 Å². The molecule has 1 saturated heterocycles. The molecule has 0 aromatic heterocycles. The van der Waals surface area contributed by atoms with E-state index in [2.05, 4.69) is 10.2 Å². The van der Waals surface area contributed by atoms with E-state index in [1.165, 1.54) is 0 Å². The third-order valence-electron chi connectivity index (χ3n) is 3.67. The van der Waals surface area contributed by atoms with Crippen molar-refractivity contribution in [2.24, 2.45) is 0 Å². The molecule has 0 saturated carbocycles. The molecular weight excluding hydrogens is 292 g/mol. The zero-order chi connectivity index (χ0) is 14.7. The fourth-order valence-corrected chi connectivity index (χ4v) is 2.89. The zero-order valence-electron chi connectivity index (χ0n) is 11.9. The van der Waals surface area contributed by atoms with Crippen molar-refractivity contribution >= 4 is 17.5 Å². The van der Waals surface area contributed by atoms with Gasteiger partial charge in [0.1, 0.15) is 0 Å². The topological polar surface area (TPSA) is 50.8 Å². The number of hydrogen-bond acceptors (Lipinski definition) is 4. The van der Waals surface area contributed by atoms with Gasteiger partial charge in [0.2, 0.25) is 5.91 Å². The Bertz CT molecular complexity index is 536. The zero-order valence-corrected chi connectivity index (χ0v) is 12.6. The Balaban J connectivity index is 1.75. The molecule has 0 aliphatic carbocycles. The standard InChI is InChI=1S/C15H19ClN2O3/c16-12-8-11(9-13-15(12)21-7-1-6-20-13)10-18-4-2-14(19)17-3-5-18/h8-9H,1-7,10H2,(H,17,19). The van der Waals surface area contributed by atoms with Gasteiger partial charge in [-0.2, -0.15) is 0 Å². The molecule has 0 radical (unpaired) electrons. The lowest BCUT2D eigenvalue weighted by molar-refractivity contribution is -0.120. The van der Waals surface area contributed by atoms with Crippen molar-refractivity contribution in [3.05, 3.63) is 22.7 Å². The molecule has 21 heavy (non-hydrogen) atoms. The number of carbonyl (C=O) groups is 1. The van der Waals surface area contributed by atoms with Crippen LogP contribution in [0.3, 0.4) is 0 Å². The summed E-state index contributed by atoms with van der Waals surface area (Å²) in [5, 5.41) is 3.47. The minimum Gasteiger partial charge on any atom is -0.489 e. The van der Waals surface area contributed by atoms with E-state index in [0.717, 1.165) is 37.4 Å². The highest BCUT2D eigenvalue weighted by Gasteiger charge is 2.18. The molecule has 114 valence electrons. The molecule has 1 amide bonds. The normalized spacial score (nSPS) is 19.6. The number of amides is 1. The van der Waals surface area contributed by atoms with Crippen LogP contribution < -0.4 is 14.8 Å². The lowest BCUT2D eigenvalue weighted by atomic mass is 10.2. The maximum absolute atomic E-state index is 11.4. The van der Waals surface area contributed by atoms with Gasteiger partial charge < -0.3 is 14.8 Å². The highest BCUT2D eigenvalue weighted by atomic mass is 35.5. The molecule has 2 heterocycles. The maximum Gasteiger partial charge on any atom is 0.221 e. The Labute approximate surface area is 129 Å². The number of fused-ring (bicyclic) bond motifs is 1. The number of carbonyl (C=O) groups excluding carboxylic acids is 1. The summed E-state index contributed by atoms with van der Waals surface area (Å²) in [4.78, 5) is 13.6. The van der Waals surface area contributed by atoms with E-state index >= 15 is 0 Å². The van der Waals surface area contributed by atoms with E-state index in [0.29, 0.717) is 37.0 Å². The molecular formula is C15H19ClN2O3. The molecule has 0 atom stereocenters. The second-order valence-electron chi connectivity index (χ2n) is 5.33. The van der Waals surface area contributed by atoms with Crippen LogP contribution in [0.1, 0.15) is 18.4 Å². The second-order valence-corrected chi connectivity index (χ2v) is 5.74. The van der Waals surface area contributed by atoms with Gasteiger partial charge in [-0.15, -0.1) is 0 Å². The highest BCUT2D eigenvalue weighted by molar-refractivity contribution is 6.32. The van der Waals surface area contributed by atoms with Gasteiger partial charge in [0.25, 0.3) is 0 Å². The van der Waals surface area contributed by atoms with Crippen LogP contribution in [0.2, 0.25) is 5.02 Å². The summed E-state index contributed by atoms with van der Waals surface area (Å²) in [6, 6.07) is 3.92. The van der Waals surface area contributed by atoms with Gasteiger partial charge >= 0.3 is 0 Å². The molecule has 2 aliphatic heterocycles. The number of ether oxygens (including phenoxy) is 2. The Hall–Kier alpha value is -1.46. The first kappa shape index (κ1) is 14.5. The molecule has 0 bridgehead atoms. The molecule has 1 N–H and O–H groups in total. The maximum atomic E-state index is 11.4. The average molecular weight is 311 g/mol. The smallest absolute Gasteiger partial charge is 0.221 e. The van der Waals surface area contributed by atoms with Crippen molar-refractivity contribution in [2.45, 2.75) is 19.4 Å². The predicted octanol–water partition coefficient (Wildman–Crippen LogP) is 1.82. The minimum atomic E-state index is 0.120.